The summed E-state index contributed by atoms with van der Waals surface area (Å²) in [5, 5.41) is 1.34. The molecule has 2 aromatic heterocycles. The Morgan fingerprint density at radius 2 is 1.65 bits per heavy atom. The van der Waals surface area contributed by atoms with Gasteiger partial charge >= 0.3 is 0 Å². The first-order valence-electron chi connectivity index (χ1n) is 15.4. The molecule has 0 N–H and O–H groups in total. The molecule has 0 aliphatic carbocycles. The zero-order chi connectivity index (χ0) is 30.5. The molecule has 3 atom stereocenters. The van der Waals surface area contributed by atoms with E-state index in [1.165, 1.54) is 11.1 Å². The van der Waals surface area contributed by atoms with Crippen LogP contribution in [-0.2, 0) is 25.8 Å². The highest BCUT2D eigenvalue weighted by molar-refractivity contribution is 5.95. The van der Waals surface area contributed by atoms with Crippen LogP contribution in [0.2, 0.25) is 0 Å². The van der Waals surface area contributed by atoms with Crippen molar-refractivity contribution in [3.63, 3.8) is 0 Å². The largest absolute Gasteiger partial charge is 0.334 e. The Morgan fingerprint density at radius 3 is 2.30 bits per heavy atom. The summed E-state index contributed by atoms with van der Waals surface area (Å²) >= 11 is 0. The van der Waals surface area contributed by atoms with Gasteiger partial charge in [-0.2, -0.15) is 5.06 Å². The Kier molecular flexibility index (Phi) is 9.82. The molecule has 3 amide bonds. The van der Waals surface area contributed by atoms with Crippen molar-refractivity contribution in [1.82, 2.24) is 34.7 Å². The fraction of sp³-hybridized carbons (Fsp3) is 0.562. The maximum atomic E-state index is 14.2. The van der Waals surface area contributed by atoms with Crippen molar-refractivity contribution in [2.24, 2.45) is 11.8 Å². The van der Waals surface area contributed by atoms with Crippen LogP contribution in [0.25, 0.3) is 6.08 Å². The van der Waals surface area contributed by atoms with Crippen LogP contribution in [0.4, 0.5) is 0 Å². The molecule has 5 heterocycles. The Hall–Kier alpha value is -3.70. The Labute approximate surface area is 253 Å². The van der Waals surface area contributed by atoms with Crippen molar-refractivity contribution in [2.75, 3.05) is 19.6 Å². The van der Waals surface area contributed by atoms with Gasteiger partial charge in [-0.05, 0) is 61.8 Å². The third-order valence-electron chi connectivity index (χ3n) is 8.29. The monoisotopic (exact) mass is 589 g/mol. The van der Waals surface area contributed by atoms with Crippen molar-refractivity contribution in [2.45, 2.75) is 84.3 Å². The summed E-state index contributed by atoms with van der Waals surface area (Å²) in [5.41, 5.74) is 0.644. The Morgan fingerprint density at radius 1 is 0.953 bits per heavy atom. The molecule has 43 heavy (non-hydrogen) atoms. The number of hydrogen-bond donors (Lipinski definition) is 0. The lowest BCUT2D eigenvalue weighted by molar-refractivity contribution is -0.275. The number of hydrogen-bond acceptors (Lipinski definition) is 8. The zero-order valence-corrected chi connectivity index (χ0v) is 25.6. The fourth-order valence-electron chi connectivity index (χ4n) is 6.24. The maximum Gasteiger partial charge on any atom is 0.272 e. The van der Waals surface area contributed by atoms with Crippen LogP contribution in [0, 0.1) is 11.8 Å². The minimum atomic E-state index is -0.832. The van der Waals surface area contributed by atoms with Gasteiger partial charge in [-0.3, -0.25) is 29.1 Å². The van der Waals surface area contributed by atoms with Crippen LogP contribution in [0.5, 0.6) is 0 Å². The predicted molar refractivity (Wildman–Crippen MR) is 160 cm³/mol. The number of amides is 3. The summed E-state index contributed by atoms with van der Waals surface area (Å²) in [4.78, 5) is 66.9. The highest BCUT2D eigenvalue weighted by atomic mass is 16.7. The predicted octanol–water partition coefficient (Wildman–Crippen LogP) is 3.15. The number of pyridine rings is 1. The van der Waals surface area contributed by atoms with Gasteiger partial charge in [0.1, 0.15) is 11.9 Å². The molecule has 3 fully saturated rings. The highest BCUT2D eigenvalue weighted by Crippen LogP contribution is 2.34. The summed E-state index contributed by atoms with van der Waals surface area (Å²) < 4.78 is 0. The van der Waals surface area contributed by atoms with Crippen molar-refractivity contribution < 1.29 is 19.2 Å². The first-order chi connectivity index (χ1) is 20.7. The van der Waals surface area contributed by atoms with E-state index in [1.54, 1.807) is 29.6 Å². The number of hydroxylamine groups is 2. The van der Waals surface area contributed by atoms with Gasteiger partial charge in [-0.15, -0.1) is 0 Å². The lowest BCUT2D eigenvalue weighted by Gasteiger charge is -2.55. The van der Waals surface area contributed by atoms with E-state index in [4.69, 9.17) is 4.84 Å². The van der Waals surface area contributed by atoms with Gasteiger partial charge in [0.15, 0.2) is 12.3 Å². The molecule has 3 aliphatic rings. The third kappa shape index (κ3) is 7.27. The summed E-state index contributed by atoms with van der Waals surface area (Å²) in [7, 11) is 0. The molecule has 3 saturated heterocycles. The van der Waals surface area contributed by atoms with E-state index in [-0.39, 0.29) is 42.1 Å². The summed E-state index contributed by atoms with van der Waals surface area (Å²) in [6, 6.07) is 6.63. The van der Waals surface area contributed by atoms with Crippen molar-refractivity contribution in [1.29, 1.82) is 0 Å². The number of nitrogens with zero attached hydrogens (tertiary/aromatic N) is 7. The lowest BCUT2D eigenvalue weighted by atomic mass is 9.93. The van der Waals surface area contributed by atoms with E-state index >= 15 is 0 Å². The molecule has 0 unspecified atom stereocenters. The molecular formula is C32H43N7O4. The highest BCUT2D eigenvalue weighted by Gasteiger charge is 2.53. The number of piperazine rings is 1. The number of carbonyl (C=O) groups excluding carboxylic acids is 3. The van der Waals surface area contributed by atoms with Crippen LogP contribution in [-0.4, -0.2) is 96.4 Å². The van der Waals surface area contributed by atoms with Crippen LogP contribution < -0.4 is 0 Å². The van der Waals surface area contributed by atoms with Crippen molar-refractivity contribution in [3.8, 4) is 0 Å². The summed E-state index contributed by atoms with van der Waals surface area (Å²) in [6.07, 6.45) is 9.25. The SMILES string of the molecule is CC(C)C[C@H]1ON(C(=O)/C=C/c2ccccn2)[C@H]2CN(C3CCN(Cc4ncccn4)CC3)C(=O)[C@H](CC(C)C)N2C1=O. The van der Waals surface area contributed by atoms with Crippen molar-refractivity contribution >= 4 is 23.8 Å². The van der Waals surface area contributed by atoms with Gasteiger partial charge in [0.25, 0.3) is 11.8 Å². The summed E-state index contributed by atoms with van der Waals surface area (Å²) in [6.45, 7) is 10.6. The van der Waals surface area contributed by atoms with Gasteiger partial charge in [0, 0.05) is 43.8 Å². The lowest BCUT2D eigenvalue weighted by Crippen LogP contribution is -2.74. The molecule has 5 rings (SSSR count). The first-order valence-corrected chi connectivity index (χ1v) is 15.4. The number of rotatable bonds is 9. The van der Waals surface area contributed by atoms with Gasteiger partial charge in [-0.1, -0.05) is 33.8 Å². The number of aromatic nitrogens is 3. The van der Waals surface area contributed by atoms with Crippen molar-refractivity contribution in [3.05, 3.63) is 60.5 Å². The number of fused-ring (bicyclic) bond motifs is 1. The van der Waals surface area contributed by atoms with E-state index in [9.17, 15) is 14.4 Å². The van der Waals surface area contributed by atoms with E-state index in [2.05, 4.69) is 33.7 Å². The molecule has 11 nitrogen and oxygen atoms in total. The van der Waals surface area contributed by atoms with E-state index in [1.807, 2.05) is 43.0 Å². The molecule has 11 heteroatoms. The van der Waals surface area contributed by atoms with E-state index in [0.717, 1.165) is 31.8 Å². The number of carbonyl (C=O) groups is 3. The quantitative estimate of drug-likeness (QED) is 0.410. The number of likely N-dealkylation sites (tertiary alicyclic amines) is 1. The first kappa shape index (κ1) is 30.7. The molecule has 0 saturated carbocycles. The van der Waals surface area contributed by atoms with Gasteiger partial charge in [0.05, 0.1) is 18.8 Å². The molecule has 3 aliphatic heterocycles. The normalized spacial score (nSPS) is 24.0. The zero-order valence-electron chi connectivity index (χ0n) is 25.6. The third-order valence-corrected chi connectivity index (χ3v) is 8.29. The Bertz CT molecular complexity index is 1280. The fourth-order valence-corrected chi connectivity index (χ4v) is 6.24. The molecule has 0 spiro atoms. The molecule has 0 aromatic carbocycles. The Balaban J connectivity index is 1.39. The maximum absolute atomic E-state index is 14.2. The minimum absolute atomic E-state index is 0.00163. The van der Waals surface area contributed by atoms with Gasteiger partial charge in [0.2, 0.25) is 5.91 Å². The average molecular weight is 590 g/mol. The average Bonchev–Trinajstić information content (AvgIpc) is 2.99. The van der Waals surface area contributed by atoms with E-state index in [0.29, 0.717) is 25.1 Å². The second kappa shape index (κ2) is 13.7. The number of piperidine rings is 1. The standard InChI is InChI=1S/C32H43N7O4/c1-22(2)18-26-31(41)37(25-11-16-36(17-12-25)20-28-34-14-7-15-35-28)21-29-38(26)32(42)27(19-23(3)4)43-39(29)30(40)10-9-24-8-5-6-13-33-24/h5-10,13-15,22-23,25-27,29H,11-12,16-21H2,1-4H3/b10-9+/t26-,27+,29-/m0/s1. The molecule has 0 radical (unpaired) electrons. The van der Waals surface area contributed by atoms with Crippen LogP contribution >= 0.6 is 0 Å². The van der Waals surface area contributed by atoms with Crippen LogP contribution in [0.15, 0.2) is 48.9 Å². The van der Waals surface area contributed by atoms with E-state index < -0.39 is 18.3 Å². The van der Waals surface area contributed by atoms with Gasteiger partial charge < -0.3 is 9.80 Å². The smallest absolute Gasteiger partial charge is 0.272 e. The molecule has 230 valence electrons. The molecular weight excluding hydrogens is 546 g/mol. The van der Waals surface area contributed by atoms with Gasteiger partial charge in [-0.25, -0.2) is 9.97 Å². The van der Waals surface area contributed by atoms with Crippen LogP contribution in [0.3, 0.4) is 0 Å². The minimum Gasteiger partial charge on any atom is -0.334 e. The second-order valence-corrected chi connectivity index (χ2v) is 12.5. The summed E-state index contributed by atoms with van der Waals surface area (Å²) in [5.74, 6) is 0.493. The topological polar surface area (TPSA) is 112 Å². The second-order valence-electron chi connectivity index (χ2n) is 12.5. The van der Waals surface area contributed by atoms with Crippen LogP contribution in [0.1, 0.15) is 64.9 Å². The molecule has 0 bridgehead atoms. The molecule has 2 aromatic rings.